The summed E-state index contributed by atoms with van der Waals surface area (Å²) in [6, 6.07) is 6.74. The molecule has 1 unspecified atom stereocenters. The van der Waals surface area contributed by atoms with Gasteiger partial charge in [0.05, 0.1) is 6.10 Å². The molecule has 0 saturated carbocycles. The van der Waals surface area contributed by atoms with Crippen molar-refractivity contribution in [2.24, 2.45) is 0 Å². The highest BCUT2D eigenvalue weighted by Gasteiger charge is 2.19. The molecule has 1 atom stereocenters. The molecule has 21 heavy (non-hydrogen) atoms. The molecule has 5 heteroatoms. The van der Waals surface area contributed by atoms with Crippen LogP contribution in [0.1, 0.15) is 30.1 Å². The van der Waals surface area contributed by atoms with E-state index in [1.165, 1.54) is 0 Å². The number of carboxylic acids is 1. The van der Waals surface area contributed by atoms with E-state index in [0.29, 0.717) is 18.5 Å². The van der Waals surface area contributed by atoms with E-state index in [9.17, 15) is 4.79 Å². The molecule has 5 nitrogen and oxygen atoms in total. The summed E-state index contributed by atoms with van der Waals surface area (Å²) in [6.45, 7) is 6.03. The van der Waals surface area contributed by atoms with Gasteiger partial charge in [-0.1, -0.05) is 12.1 Å². The van der Waals surface area contributed by atoms with Crippen LogP contribution >= 0.6 is 0 Å². The molecule has 1 aromatic carbocycles. The van der Waals surface area contributed by atoms with Crippen molar-refractivity contribution >= 4 is 5.97 Å². The first kappa shape index (κ1) is 15.8. The first-order valence-electron chi connectivity index (χ1n) is 7.49. The van der Waals surface area contributed by atoms with Crippen molar-refractivity contribution in [2.45, 2.75) is 25.9 Å². The van der Waals surface area contributed by atoms with Crippen molar-refractivity contribution in [1.29, 1.82) is 0 Å². The van der Waals surface area contributed by atoms with Crippen molar-refractivity contribution in [2.75, 3.05) is 32.8 Å². The molecule has 1 saturated heterocycles. The molecule has 1 N–H and O–H groups in total. The smallest absolute Gasteiger partial charge is 0.339 e. The van der Waals surface area contributed by atoms with Crippen LogP contribution in [0.4, 0.5) is 0 Å². The molecule has 1 aliphatic heterocycles. The van der Waals surface area contributed by atoms with E-state index >= 15 is 0 Å². The van der Waals surface area contributed by atoms with Gasteiger partial charge in [-0.2, -0.15) is 0 Å². The second kappa shape index (κ2) is 8.00. The summed E-state index contributed by atoms with van der Waals surface area (Å²) < 4.78 is 11.3. The first-order valence-corrected chi connectivity index (χ1v) is 7.49. The van der Waals surface area contributed by atoms with Gasteiger partial charge in [-0.05, 0) is 38.4 Å². The highest BCUT2D eigenvalue weighted by Crippen LogP contribution is 2.18. The second-order valence-electron chi connectivity index (χ2n) is 5.17. The monoisotopic (exact) mass is 293 g/mol. The summed E-state index contributed by atoms with van der Waals surface area (Å²) >= 11 is 0. The number of piperidine rings is 1. The Balaban J connectivity index is 1.80. The lowest BCUT2D eigenvalue weighted by atomic mass is 10.1. The van der Waals surface area contributed by atoms with Gasteiger partial charge in [-0.15, -0.1) is 0 Å². The zero-order valence-electron chi connectivity index (χ0n) is 12.5. The van der Waals surface area contributed by atoms with E-state index < -0.39 is 5.97 Å². The quantitative estimate of drug-likeness (QED) is 0.835. The minimum Gasteiger partial charge on any atom is -0.491 e. The molecule has 1 aliphatic rings. The standard InChI is InChI=1S/C16H23NO4/c1-2-20-13-6-5-9-17(12-13)10-11-21-15-8-4-3-7-14(15)16(18)19/h3-4,7-8,13H,2,5-6,9-12H2,1H3,(H,18,19). The number of hydrogen-bond donors (Lipinski definition) is 1. The Hall–Kier alpha value is -1.59. The highest BCUT2D eigenvalue weighted by molar-refractivity contribution is 5.90. The number of carboxylic acid groups (broad SMARTS) is 1. The van der Waals surface area contributed by atoms with Crippen molar-refractivity contribution in [3.05, 3.63) is 29.8 Å². The van der Waals surface area contributed by atoms with E-state index in [-0.39, 0.29) is 5.56 Å². The van der Waals surface area contributed by atoms with Crippen molar-refractivity contribution < 1.29 is 19.4 Å². The summed E-state index contributed by atoms with van der Waals surface area (Å²) in [5.41, 5.74) is 0.211. The molecular weight excluding hydrogens is 270 g/mol. The van der Waals surface area contributed by atoms with Crippen LogP contribution < -0.4 is 4.74 Å². The van der Waals surface area contributed by atoms with Crippen molar-refractivity contribution in [3.8, 4) is 5.75 Å². The Morgan fingerprint density at radius 2 is 2.24 bits per heavy atom. The second-order valence-corrected chi connectivity index (χ2v) is 5.17. The fourth-order valence-corrected chi connectivity index (χ4v) is 2.64. The Bertz CT molecular complexity index is 461. The predicted molar refractivity (Wildman–Crippen MR) is 80.0 cm³/mol. The van der Waals surface area contributed by atoms with Crippen LogP contribution in [0.25, 0.3) is 0 Å². The summed E-state index contributed by atoms with van der Waals surface area (Å²) in [6.07, 6.45) is 2.57. The zero-order valence-corrected chi connectivity index (χ0v) is 12.5. The number of nitrogens with zero attached hydrogens (tertiary/aromatic N) is 1. The van der Waals surface area contributed by atoms with Crippen molar-refractivity contribution in [3.63, 3.8) is 0 Å². The lowest BCUT2D eigenvalue weighted by Gasteiger charge is -2.32. The van der Waals surface area contributed by atoms with E-state index in [1.54, 1.807) is 24.3 Å². The van der Waals surface area contributed by atoms with Gasteiger partial charge in [0.1, 0.15) is 17.9 Å². The van der Waals surface area contributed by atoms with Crippen molar-refractivity contribution in [1.82, 2.24) is 4.90 Å². The minimum absolute atomic E-state index is 0.211. The van der Waals surface area contributed by atoms with Gasteiger partial charge < -0.3 is 14.6 Å². The molecule has 1 aromatic rings. The fraction of sp³-hybridized carbons (Fsp3) is 0.562. The minimum atomic E-state index is -0.958. The zero-order chi connectivity index (χ0) is 15.1. The van der Waals surface area contributed by atoms with Crippen LogP contribution in [0, 0.1) is 0 Å². The molecule has 1 fully saturated rings. The van der Waals surface area contributed by atoms with Crippen LogP contribution in [-0.4, -0.2) is 54.9 Å². The van der Waals surface area contributed by atoms with Crippen LogP contribution in [-0.2, 0) is 4.74 Å². The number of likely N-dealkylation sites (tertiary alicyclic amines) is 1. The van der Waals surface area contributed by atoms with Crippen LogP contribution in [0.3, 0.4) is 0 Å². The third kappa shape index (κ3) is 4.72. The Morgan fingerprint density at radius 1 is 1.43 bits per heavy atom. The van der Waals surface area contributed by atoms with Gasteiger partial charge in [0.2, 0.25) is 0 Å². The lowest BCUT2D eigenvalue weighted by Crippen LogP contribution is -2.41. The Kier molecular flexibility index (Phi) is 6.02. The van der Waals surface area contributed by atoms with Gasteiger partial charge in [-0.3, -0.25) is 4.90 Å². The number of para-hydroxylation sites is 1. The molecule has 0 radical (unpaired) electrons. The highest BCUT2D eigenvalue weighted by atomic mass is 16.5. The Labute approximate surface area is 125 Å². The van der Waals surface area contributed by atoms with Crippen LogP contribution in [0.5, 0.6) is 5.75 Å². The third-order valence-corrected chi connectivity index (χ3v) is 3.65. The van der Waals surface area contributed by atoms with E-state index in [2.05, 4.69) is 4.90 Å². The average molecular weight is 293 g/mol. The number of hydrogen-bond acceptors (Lipinski definition) is 4. The Morgan fingerprint density at radius 3 is 3.00 bits per heavy atom. The first-order chi connectivity index (χ1) is 10.2. The van der Waals surface area contributed by atoms with Gasteiger partial charge in [-0.25, -0.2) is 4.79 Å². The maximum atomic E-state index is 11.1. The molecule has 1 heterocycles. The van der Waals surface area contributed by atoms with E-state index in [0.717, 1.165) is 39.1 Å². The summed E-state index contributed by atoms with van der Waals surface area (Å²) in [7, 11) is 0. The average Bonchev–Trinajstić information content (AvgIpc) is 2.48. The molecule has 0 aromatic heterocycles. The normalized spacial score (nSPS) is 19.4. The van der Waals surface area contributed by atoms with Crippen LogP contribution in [0.2, 0.25) is 0 Å². The molecule has 0 aliphatic carbocycles. The molecule has 0 bridgehead atoms. The van der Waals surface area contributed by atoms with Gasteiger partial charge in [0.15, 0.2) is 0 Å². The largest absolute Gasteiger partial charge is 0.491 e. The van der Waals surface area contributed by atoms with Gasteiger partial charge in [0, 0.05) is 19.7 Å². The maximum absolute atomic E-state index is 11.1. The number of carbonyl (C=O) groups is 1. The third-order valence-electron chi connectivity index (χ3n) is 3.65. The maximum Gasteiger partial charge on any atom is 0.339 e. The lowest BCUT2D eigenvalue weighted by molar-refractivity contribution is 0.00302. The molecule has 0 spiro atoms. The molecular formula is C16H23NO4. The summed E-state index contributed by atoms with van der Waals surface area (Å²) in [5.74, 6) is -0.525. The SMILES string of the molecule is CCOC1CCCN(CCOc2ccccc2C(=O)O)C1. The van der Waals surface area contributed by atoms with Gasteiger partial charge >= 0.3 is 5.97 Å². The number of ether oxygens (including phenoxy) is 2. The summed E-state index contributed by atoms with van der Waals surface area (Å²) in [4.78, 5) is 13.4. The molecule has 2 rings (SSSR count). The fourth-order valence-electron chi connectivity index (χ4n) is 2.64. The van der Waals surface area contributed by atoms with Gasteiger partial charge in [0.25, 0.3) is 0 Å². The topological polar surface area (TPSA) is 59.0 Å². The van der Waals surface area contributed by atoms with E-state index in [1.807, 2.05) is 6.92 Å². The molecule has 0 amide bonds. The van der Waals surface area contributed by atoms with Crippen LogP contribution in [0.15, 0.2) is 24.3 Å². The summed E-state index contributed by atoms with van der Waals surface area (Å²) in [5, 5.41) is 9.10. The number of benzene rings is 1. The van der Waals surface area contributed by atoms with E-state index in [4.69, 9.17) is 14.6 Å². The predicted octanol–water partition coefficient (Wildman–Crippen LogP) is 2.26. The number of rotatable bonds is 7. The number of aromatic carboxylic acids is 1. The molecule has 116 valence electrons.